The van der Waals surface area contributed by atoms with Crippen LogP contribution >= 0.6 is 22.7 Å². The number of fused-ring (bicyclic) bond motifs is 6. The summed E-state index contributed by atoms with van der Waals surface area (Å²) in [4.78, 5) is 21.3. The molecule has 4 heterocycles. The van der Waals surface area contributed by atoms with Crippen molar-refractivity contribution in [1.82, 2.24) is 19.9 Å². The van der Waals surface area contributed by atoms with E-state index in [0.29, 0.717) is 0 Å². The minimum atomic E-state index is 0.0486. The molecule has 6 heteroatoms. The van der Waals surface area contributed by atoms with Gasteiger partial charge in [0.05, 0.1) is 22.8 Å². The Labute approximate surface area is 411 Å². The summed E-state index contributed by atoms with van der Waals surface area (Å²) >= 11 is 3.66. The Hall–Kier alpha value is -8.42. The van der Waals surface area contributed by atoms with Crippen molar-refractivity contribution in [3.8, 4) is 67.8 Å². The van der Waals surface area contributed by atoms with Gasteiger partial charge in [-0.2, -0.15) is 0 Å². The fourth-order valence-electron chi connectivity index (χ4n) is 11.2. The van der Waals surface area contributed by atoms with Gasteiger partial charge >= 0.3 is 0 Å². The summed E-state index contributed by atoms with van der Waals surface area (Å²) in [7, 11) is 0. The normalized spacial score (nSPS) is 14.6. The van der Waals surface area contributed by atoms with Crippen molar-refractivity contribution in [2.75, 3.05) is 0 Å². The monoisotopic (exact) mass is 926 g/mol. The van der Waals surface area contributed by atoms with Gasteiger partial charge in [-0.1, -0.05) is 170 Å². The molecular formula is C64H38N4S2. The summed E-state index contributed by atoms with van der Waals surface area (Å²) in [5, 5.41) is 5.14. The lowest BCUT2D eigenvalue weighted by Gasteiger charge is -2.42. The molecule has 0 spiro atoms. The van der Waals surface area contributed by atoms with Gasteiger partial charge < -0.3 is 0 Å². The van der Waals surface area contributed by atoms with Crippen LogP contribution < -0.4 is 0 Å². The second kappa shape index (κ2) is 15.6. The highest BCUT2D eigenvalue weighted by Crippen LogP contribution is 2.57. The van der Waals surface area contributed by atoms with E-state index in [0.717, 1.165) is 67.8 Å². The standard InChI is InChI=1S/C64H38N4S2/c1-3-13-37(14-4-1)53-35-55(39-23-27-45-43-17-9-11-21-57(43)69-59(45)33-39)67-63(65-53)41-25-29-49-51(31-41)61-47-19-7-8-20-48(47)62(49)52-32-42(26-30-50(52)61)64-66-54(38-15-5-2-6-16-38)36-56(68-64)40-24-28-46-44-18-10-12-22-58(44)70-60(46)34-40/h1-36,61-62H/t61-,62?/m1/s1. The van der Waals surface area contributed by atoms with Gasteiger partial charge in [-0.05, 0) is 81.9 Å². The topological polar surface area (TPSA) is 51.6 Å². The Morgan fingerprint density at radius 2 is 0.600 bits per heavy atom. The van der Waals surface area contributed by atoms with Crippen LogP contribution in [0.4, 0.5) is 0 Å². The molecule has 1 unspecified atom stereocenters. The van der Waals surface area contributed by atoms with Crippen molar-refractivity contribution in [2.24, 2.45) is 0 Å². The fraction of sp³-hybridized carbons (Fsp3) is 0.0312. The van der Waals surface area contributed by atoms with E-state index in [1.165, 1.54) is 73.7 Å². The molecule has 4 nitrogen and oxygen atoms in total. The first-order chi connectivity index (χ1) is 34.6. The number of hydrogen-bond donors (Lipinski definition) is 0. The summed E-state index contributed by atoms with van der Waals surface area (Å²) in [6, 6.07) is 79.0. The third kappa shape index (κ3) is 6.27. The molecule has 70 heavy (non-hydrogen) atoms. The van der Waals surface area contributed by atoms with Crippen molar-refractivity contribution in [3.05, 3.63) is 252 Å². The molecule has 16 rings (SSSR count). The Morgan fingerprint density at radius 1 is 0.243 bits per heavy atom. The van der Waals surface area contributed by atoms with E-state index in [9.17, 15) is 0 Å². The average Bonchev–Trinajstić information content (AvgIpc) is 4.00. The molecule has 9 aromatic carbocycles. The molecule has 2 bridgehead atoms. The maximum absolute atomic E-state index is 5.37. The maximum atomic E-state index is 5.37. The van der Waals surface area contributed by atoms with Gasteiger partial charge in [0.1, 0.15) is 0 Å². The number of hydrogen-bond acceptors (Lipinski definition) is 6. The number of thiophene rings is 2. The van der Waals surface area contributed by atoms with E-state index in [1.807, 2.05) is 22.7 Å². The molecule has 3 aliphatic carbocycles. The van der Waals surface area contributed by atoms with E-state index >= 15 is 0 Å². The zero-order chi connectivity index (χ0) is 45.9. The largest absolute Gasteiger partial charge is 0.228 e. The van der Waals surface area contributed by atoms with Gasteiger partial charge in [-0.3, -0.25) is 0 Å². The summed E-state index contributed by atoms with van der Waals surface area (Å²) in [5.41, 5.74) is 17.9. The zero-order valence-corrected chi connectivity index (χ0v) is 39.2. The molecular weight excluding hydrogens is 889 g/mol. The van der Waals surface area contributed by atoms with E-state index in [2.05, 4.69) is 218 Å². The van der Waals surface area contributed by atoms with Crippen LogP contribution in [-0.2, 0) is 0 Å². The Kier molecular flexibility index (Phi) is 8.79. The summed E-state index contributed by atoms with van der Waals surface area (Å²) < 4.78 is 5.10. The lowest BCUT2D eigenvalue weighted by atomic mass is 9.61. The molecule has 0 N–H and O–H groups in total. The van der Waals surface area contributed by atoms with Gasteiger partial charge in [0.15, 0.2) is 11.6 Å². The van der Waals surface area contributed by atoms with Crippen molar-refractivity contribution < 1.29 is 0 Å². The lowest BCUT2D eigenvalue weighted by molar-refractivity contribution is 0.754. The van der Waals surface area contributed by atoms with Crippen LogP contribution in [0.1, 0.15) is 45.2 Å². The molecule has 0 amide bonds. The molecule has 0 fully saturated rings. The second-order valence-corrected chi connectivity index (χ2v) is 20.6. The first kappa shape index (κ1) is 39.6. The highest BCUT2D eigenvalue weighted by Gasteiger charge is 2.41. The summed E-state index contributed by atoms with van der Waals surface area (Å²) in [6.07, 6.45) is 0. The predicted octanol–water partition coefficient (Wildman–Crippen LogP) is 17.0. The first-order valence-corrected chi connectivity index (χ1v) is 25.4. The van der Waals surface area contributed by atoms with Gasteiger partial charge in [0.2, 0.25) is 0 Å². The van der Waals surface area contributed by atoms with Crippen molar-refractivity contribution in [1.29, 1.82) is 0 Å². The van der Waals surface area contributed by atoms with Gasteiger partial charge in [-0.25, -0.2) is 19.9 Å². The van der Waals surface area contributed by atoms with Crippen molar-refractivity contribution in [3.63, 3.8) is 0 Å². The summed E-state index contributed by atoms with van der Waals surface area (Å²) in [5.74, 6) is 1.54. The predicted molar refractivity (Wildman–Crippen MR) is 291 cm³/mol. The highest BCUT2D eigenvalue weighted by atomic mass is 32.1. The van der Waals surface area contributed by atoms with Gasteiger partial charge in [0, 0.05) is 85.6 Å². The van der Waals surface area contributed by atoms with Gasteiger partial charge in [0.25, 0.3) is 0 Å². The Balaban J connectivity index is 0.851. The number of benzene rings is 9. The molecule has 4 aromatic heterocycles. The average molecular weight is 927 g/mol. The molecule has 13 aromatic rings. The van der Waals surface area contributed by atoms with Crippen LogP contribution in [-0.4, -0.2) is 19.9 Å². The van der Waals surface area contributed by atoms with Gasteiger partial charge in [-0.15, -0.1) is 22.7 Å². The van der Waals surface area contributed by atoms with E-state index in [-0.39, 0.29) is 11.8 Å². The van der Waals surface area contributed by atoms with E-state index < -0.39 is 0 Å². The Morgan fingerprint density at radius 3 is 1.06 bits per heavy atom. The third-order valence-electron chi connectivity index (χ3n) is 14.5. The van der Waals surface area contributed by atoms with Crippen molar-refractivity contribution >= 4 is 63.0 Å². The molecule has 2 atom stereocenters. The molecule has 0 radical (unpaired) electrons. The second-order valence-electron chi connectivity index (χ2n) is 18.5. The minimum absolute atomic E-state index is 0.0486. The van der Waals surface area contributed by atoms with Crippen LogP contribution in [0.2, 0.25) is 0 Å². The molecule has 3 aliphatic rings. The zero-order valence-electron chi connectivity index (χ0n) is 37.5. The van der Waals surface area contributed by atoms with Crippen LogP contribution in [0, 0.1) is 0 Å². The first-order valence-electron chi connectivity index (χ1n) is 23.7. The highest BCUT2D eigenvalue weighted by molar-refractivity contribution is 7.26. The third-order valence-corrected chi connectivity index (χ3v) is 16.8. The van der Waals surface area contributed by atoms with Crippen LogP contribution in [0.15, 0.2) is 218 Å². The maximum Gasteiger partial charge on any atom is 0.160 e. The molecule has 326 valence electrons. The Bertz CT molecular complexity index is 3990. The van der Waals surface area contributed by atoms with E-state index in [1.54, 1.807) is 0 Å². The molecule has 0 aliphatic heterocycles. The summed E-state index contributed by atoms with van der Waals surface area (Å²) in [6.45, 7) is 0. The molecule has 0 saturated carbocycles. The quantitative estimate of drug-likeness (QED) is 0.167. The van der Waals surface area contributed by atoms with Crippen LogP contribution in [0.5, 0.6) is 0 Å². The minimum Gasteiger partial charge on any atom is -0.228 e. The SMILES string of the molecule is c1ccc(-c2cc(-c3ccc4c(c3)sc3ccccc34)nc(-c3ccc4c(c3)C3c5ccccc5[C@H]4c4cc(-c5nc(-c6ccccc6)cc(-c6ccc7c(c6)sc6ccccc67)n5)ccc43)n2)cc1. The lowest BCUT2D eigenvalue weighted by Crippen LogP contribution is -2.27. The number of rotatable bonds is 6. The smallest absolute Gasteiger partial charge is 0.160 e. The number of aromatic nitrogens is 4. The van der Waals surface area contributed by atoms with Crippen molar-refractivity contribution in [2.45, 2.75) is 11.8 Å². The van der Waals surface area contributed by atoms with E-state index in [4.69, 9.17) is 19.9 Å². The van der Waals surface area contributed by atoms with Crippen LogP contribution in [0.3, 0.4) is 0 Å². The van der Waals surface area contributed by atoms with Crippen LogP contribution in [0.25, 0.3) is 108 Å². The number of nitrogens with zero attached hydrogens (tertiary/aromatic N) is 4. The molecule has 0 saturated heterocycles. The fourth-order valence-corrected chi connectivity index (χ4v) is 13.5.